The topological polar surface area (TPSA) is 61.4 Å². The van der Waals surface area contributed by atoms with Gasteiger partial charge in [-0.25, -0.2) is 0 Å². The average Bonchev–Trinajstić information content (AvgIpc) is 3.16. The van der Waals surface area contributed by atoms with Crippen molar-refractivity contribution in [2.45, 2.75) is 70.4 Å². The molecule has 0 spiro atoms. The smallest absolute Gasteiger partial charge is 0.232 e. The average molecular weight is 448 g/mol. The van der Waals surface area contributed by atoms with Crippen LogP contribution < -0.4 is 10.6 Å². The van der Waals surface area contributed by atoms with Crippen LogP contribution in [0.1, 0.15) is 69.4 Å². The van der Waals surface area contributed by atoms with Crippen LogP contribution in [0.15, 0.2) is 48.5 Å². The minimum absolute atomic E-state index is 0.0747. The third-order valence-corrected chi connectivity index (χ3v) is 7.21. The fraction of sp³-hybridized carbons (Fsp3) is 0.500. The number of hydrogen-bond acceptors (Lipinski definition) is 3. The maximum Gasteiger partial charge on any atom is 0.232 e. The second-order valence-electron chi connectivity index (χ2n) is 9.53. The van der Waals surface area contributed by atoms with Gasteiger partial charge in [-0.3, -0.25) is 9.59 Å². The van der Waals surface area contributed by atoms with E-state index in [1.54, 1.807) is 6.92 Å². The van der Waals surface area contributed by atoms with E-state index in [-0.39, 0.29) is 23.8 Å². The number of rotatable bonds is 9. The summed E-state index contributed by atoms with van der Waals surface area (Å²) >= 11 is 0. The number of carbonyl (C=O) groups excluding carboxylic acids is 2. The second-order valence-corrected chi connectivity index (χ2v) is 9.53. The van der Waals surface area contributed by atoms with Crippen molar-refractivity contribution in [1.82, 2.24) is 15.5 Å². The van der Waals surface area contributed by atoms with Crippen LogP contribution in [0, 0.1) is 0 Å². The van der Waals surface area contributed by atoms with Gasteiger partial charge in [0.05, 0.1) is 5.92 Å². The van der Waals surface area contributed by atoms with Crippen LogP contribution in [0.25, 0.3) is 11.1 Å². The van der Waals surface area contributed by atoms with Crippen LogP contribution in [0.2, 0.25) is 0 Å². The first-order valence-corrected chi connectivity index (χ1v) is 12.5. The Labute approximate surface area is 197 Å². The first-order valence-electron chi connectivity index (χ1n) is 12.5. The molecule has 0 saturated carbocycles. The first-order chi connectivity index (χ1) is 16.1. The Morgan fingerprint density at radius 3 is 2.15 bits per heavy atom. The van der Waals surface area contributed by atoms with E-state index in [0.29, 0.717) is 6.04 Å². The first kappa shape index (κ1) is 23.5. The quantitative estimate of drug-likeness (QED) is 0.558. The molecule has 1 aliphatic carbocycles. The normalized spacial score (nSPS) is 17.3. The molecular formula is C28H37N3O2. The van der Waals surface area contributed by atoms with E-state index in [9.17, 15) is 9.59 Å². The number of hydrogen-bond donors (Lipinski definition) is 2. The fourth-order valence-corrected chi connectivity index (χ4v) is 5.42. The van der Waals surface area contributed by atoms with Crippen molar-refractivity contribution in [2.24, 2.45) is 0 Å². The van der Waals surface area contributed by atoms with Gasteiger partial charge in [0.25, 0.3) is 0 Å². The highest BCUT2D eigenvalue weighted by molar-refractivity contribution is 5.96. The Bertz CT molecular complexity index is 920. The zero-order valence-corrected chi connectivity index (χ0v) is 20.0. The molecule has 4 rings (SSSR count). The van der Waals surface area contributed by atoms with Gasteiger partial charge in [0.1, 0.15) is 0 Å². The number of nitrogens with one attached hydrogen (secondary N) is 2. The highest BCUT2D eigenvalue weighted by atomic mass is 16.2. The minimum atomic E-state index is -0.212. The fourth-order valence-electron chi connectivity index (χ4n) is 5.42. The van der Waals surface area contributed by atoms with E-state index < -0.39 is 0 Å². The molecule has 1 saturated heterocycles. The maximum atomic E-state index is 13.4. The van der Waals surface area contributed by atoms with Gasteiger partial charge in [-0.15, -0.1) is 0 Å². The number of benzene rings is 2. The molecule has 0 aromatic heterocycles. The standard InChI is InChI=1S/C28H37N3O2/c1-3-21(10-8-9-17-31-18-15-22(16-19-31)29-20(2)32)30-28(33)27-25-13-6-4-11-23(25)24-12-5-7-14-26(24)27/h4-7,11-14,21-22,27H,3,8-10,15-19H2,1-2H3,(H,29,32)(H,30,33). The molecule has 1 fully saturated rings. The molecule has 5 heteroatoms. The lowest BCUT2D eigenvalue weighted by molar-refractivity contribution is -0.122. The summed E-state index contributed by atoms with van der Waals surface area (Å²) in [4.78, 5) is 27.1. The summed E-state index contributed by atoms with van der Waals surface area (Å²) in [6, 6.07) is 17.1. The predicted octanol–water partition coefficient (Wildman–Crippen LogP) is 4.46. The molecule has 5 nitrogen and oxygen atoms in total. The summed E-state index contributed by atoms with van der Waals surface area (Å²) in [6.45, 7) is 6.97. The summed E-state index contributed by atoms with van der Waals surface area (Å²) in [5.74, 6) is -0.0127. The highest BCUT2D eigenvalue weighted by Crippen LogP contribution is 2.44. The van der Waals surface area contributed by atoms with Gasteiger partial charge >= 0.3 is 0 Å². The summed E-state index contributed by atoms with van der Waals surface area (Å²) in [6.07, 6.45) is 6.30. The lowest BCUT2D eigenvalue weighted by Gasteiger charge is -2.32. The number of carbonyl (C=O) groups is 2. The predicted molar refractivity (Wildman–Crippen MR) is 133 cm³/mol. The summed E-state index contributed by atoms with van der Waals surface area (Å²) < 4.78 is 0. The van der Waals surface area contributed by atoms with Gasteiger partial charge < -0.3 is 15.5 Å². The van der Waals surface area contributed by atoms with Crippen molar-refractivity contribution < 1.29 is 9.59 Å². The van der Waals surface area contributed by atoms with Crippen molar-refractivity contribution in [3.8, 4) is 11.1 Å². The third-order valence-electron chi connectivity index (χ3n) is 7.21. The van der Waals surface area contributed by atoms with Crippen LogP contribution in [-0.2, 0) is 9.59 Å². The summed E-state index contributed by atoms with van der Waals surface area (Å²) in [5.41, 5.74) is 4.61. The number of likely N-dealkylation sites (tertiary alicyclic amines) is 1. The van der Waals surface area contributed by atoms with E-state index >= 15 is 0 Å². The number of fused-ring (bicyclic) bond motifs is 3. The van der Waals surface area contributed by atoms with Crippen molar-refractivity contribution in [1.29, 1.82) is 0 Å². The van der Waals surface area contributed by atoms with Crippen LogP contribution in [0.4, 0.5) is 0 Å². The second kappa shape index (κ2) is 11.0. The van der Waals surface area contributed by atoms with E-state index in [1.807, 2.05) is 24.3 Å². The molecule has 0 bridgehead atoms. The van der Waals surface area contributed by atoms with Gasteiger partial charge in [0.15, 0.2) is 0 Å². The molecule has 1 aliphatic heterocycles. The Morgan fingerprint density at radius 1 is 0.970 bits per heavy atom. The Balaban J connectivity index is 1.25. The molecule has 2 amide bonds. The minimum Gasteiger partial charge on any atom is -0.354 e. The number of nitrogens with zero attached hydrogens (tertiary/aromatic N) is 1. The van der Waals surface area contributed by atoms with Gasteiger partial charge in [-0.05, 0) is 60.9 Å². The lowest BCUT2D eigenvalue weighted by atomic mass is 9.95. The number of piperidine rings is 1. The molecule has 1 atom stereocenters. The van der Waals surface area contributed by atoms with E-state index in [1.165, 1.54) is 11.1 Å². The SMILES string of the molecule is CCC(CCCCN1CCC(NC(C)=O)CC1)NC(=O)C1c2ccccc2-c2ccccc21. The Kier molecular flexibility index (Phi) is 7.81. The van der Waals surface area contributed by atoms with E-state index in [4.69, 9.17) is 0 Å². The third kappa shape index (κ3) is 5.64. The van der Waals surface area contributed by atoms with Gasteiger partial charge in [0, 0.05) is 32.1 Å². The van der Waals surface area contributed by atoms with Crippen molar-refractivity contribution >= 4 is 11.8 Å². The number of amides is 2. The zero-order valence-electron chi connectivity index (χ0n) is 20.0. The maximum absolute atomic E-state index is 13.4. The monoisotopic (exact) mass is 447 g/mol. The van der Waals surface area contributed by atoms with Gasteiger partial charge in [-0.1, -0.05) is 61.9 Å². The van der Waals surface area contributed by atoms with Crippen molar-refractivity contribution in [3.63, 3.8) is 0 Å². The van der Waals surface area contributed by atoms with Crippen LogP contribution in [0.3, 0.4) is 0 Å². The molecule has 1 heterocycles. The Hall–Kier alpha value is -2.66. The van der Waals surface area contributed by atoms with Gasteiger partial charge in [-0.2, -0.15) is 0 Å². The highest BCUT2D eigenvalue weighted by Gasteiger charge is 2.33. The van der Waals surface area contributed by atoms with Crippen LogP contribution in [0.5, 0.6) is 0 Å². The molecule has 0 radical (unpaired) electrons. The molecule has 2 aliphatic rings. The van der Waals surface area contributed by atoms with Gasteiger partial charge in [0.2, 0.25) is 11.8 Å². The van der Waals surface area contributed by atoms with Crippen molar-refractivity contribution in [3.05, 3.63) is 59.7 Å². The van der Waals surface area contributed by atoms with E-state index in [2.05, 4.69) is 46.7 Å². The van der Waals surface area contributed by atoms with E-state index in [0.717, 1.165) is 69.3 Å². The lowest BCUT2D eigenvalue weighted by Crippen LogP contribution is -2.44. The molecule has 176 valence electrons. The Morgan fingerprint density at radius 2 is 1.58 bits per heavy atom. The zero-order chi connectivity index (χ0) is 23.2. The molecular weight excluding hydrogens is 410 g/mol. The largest absolute Gasteiger partial charge is 0.354 e. The molecule has 33 heavy (non-hydrogen) atoms. The van der Waals surface area contributed by atoms with Crippen molar-refractivity contribution in [2.75, 3.05) is 19.6 Å². The summed E-state index contributed by atoms with van der Waals surface area (Å²) in [7, 11) is 0. The molecule has 2 aromatic carbocycles. The summed E-state index contributed by atoms with van der Waals surface area (Å²) in [5, 5.41) is 6.40. The molecule has 1 unspecified atom stereocenters. The molecule has 2 aromatic rings. The van der Waals surface area contributed by atoms with Crippen LogP contribution >= 0.6 is 0 Å². The molecule has 2 N–H and O–H groups in total. The van der Waals surface area contributed by atoms with Crippen LogP contribution in [-0.4, -0.2) is 48.4 Å². The number of unbranched alkanes of at least 4 members (excludes halogenated alkanes) is 1.